The standard InChI is InChI=1S/C26H42N2O/c27-26(29)25-20-22-16-17-28-24-15-11-13-21(19-24)12-9-7-5-3-1-2-4-6-8-10-14-23(25)18-22/h11,13,15,19,22-23,25,28H,1-10,12,14,16-18,20H2,(H2,27,29). The third-order valence-corrected chi connectivity index (χ3v) is 7.26. The molecule has 3 nitrogen and oxygen atoms in total. The summed E-state index contributed by atoms with van der Waals surface area (Å²) in [6, 6.07) is 8.95. The molecule has 2 aliphatic rings. The Balaban J connectivity index is 1.55. The number of benzene rings is 1. The molecule has 1 fully saturated rings. The van der Waals surface area contributed by atoms with E-state index in [4.69, 9.17) is 5.73 Å². The minimum atomic E-state index is -0.0624. The van der Waals surface area contributed by atoms with E-state index in [2.05, 4.69) is 29.6 Å². The number of aryl methyl sites for hydroxylation is 1. The molecule has 1 aliphatic carbocycles. The monoisotopic (exact) mass is 398 g/mol. The summed E-state index contributed by atoms with van der Waals surface area (Å²) in [6.07, 6.45) is 19.3. The van der Waals surface area contributed by atoms with Gasteiger partial charge in [0.1, 0.15) is 0 Å². The summed E-state index contributed by atoms with van der Waals surface area (Å²) in [5.74, 6) is 1.21. The number of fused-ring (bicyclic) bond motifs is 4. The molecule has 3 heteroatoms. The Morgan fingerprint density at radius 3 is 2.28 bits per heavy atom. The number of primary amides is 1. The van der Waals surface area contributed by atoms with Crippen molar-refractivity contribution in [1.29, 1.82) is 0 Å². The van der Waals surface area contributed by atoms with Gasteiger partial charge in [0.25, 0.3) is 0 Å². The summed E-state index contributed by atoms with van der Waals surface area (Å²) in [4.78, 5) is 12.0. The van der Waals surface area contributed by atoms with Crippen molar-refractivity contribution in [3.05, 3.63) is 29.8 Å². The maximum absolute atomic E-state index is 12.0. The number of carbonyl (C=O) groups is 1. The van der Waals surface area contributed by atoms with Gasteiger partial charge in [-0.2, -0.15) is 0 Å². The summed E-state index contributed by atoms with van der Waals surface area (Å²) in [7, 11) is 0. The van der Waals surface area contributed by atoms with Gasteiger partial charge in [0.05, 0.1) is 0 Å². The minimum Gasteiger partial charge on any atom is -0.385 e. The molecular formula is C26H42N2O. The van der Waals surface area contributed by atoms with E-state index >= 15 is 0 Å². The molecule has 162 valence electrons. The number of hydrogen-bond donors (Lipinski definition) is 2. The van der Waals surface area contributed by atoms with Crippen molar-refractivity contribution in [3.8, 4) is 0 Å². The number of carbonyl (C=O) groups excluding carboxylic acids is 1. The molecular weight excluding hydrogens is 356 g/mol. The first-order valence-corrected chi connectivity index (χ1v) is 12.3. The zero-order chi connectivity index (χ0) is 20.3. The Labute approximate surface area is 178 Å². The fourth-order valence-corrected chi connectivity index (χ4v) is 5.55. The molecule has 0 radical (unpaired) electrons. The average molecular weight is 399 g/mol. The van der Waals surface area contributed by atoms with Crippen LogP contribution in [-0.4, -0.2) is 12.5 Å². The van der Waals surface area contributed by atoms with Crippen LogP contribution in [0.3, 0.4) is 0 Å². The van der Waals surface area contributed by atoms with Crippen LogP contribution >= 0.6 is 0 Å². The fraction of sp³-hybridized carbons (Fsp3) is 0.731. The van der Waals surface area contributed by atoms with Crippen molar-refractivity contribution >= 4 is 11.6 Å². The molecule has 3 atom stereocenters. The molecule has 1 amide bonds. The quantitative estimate of drug-likeness (QED) is 0.570. The van der Waals surface area contributed by atoms with Crippen LogP contribution in [0.4, 0.5) is 5.69 Å². The smallest absolute Gasteiger partial charge is 0.220 e. The van der Waals surface area contributed by atoms with Crippen molar-refractivity contribution in [1.82, 2.24) is 0 Å². The number of nitrogens with one attached hydrogen (secondary N) is 1. The molecule has 1 heterocycles. The van der Waals surface area contributed by atoms with E-state index in [0.29, 0.717) is 11.8 Å². The van der Waals surface area contributed by atoms with Gasteiger partial charge in [-0.25, -0.2) is 0 Å². The highest BCUT2D eigenvalue weighted by molar-refractivity contribution is 5.77. The normalized spacial score (nSPS) is 28.1. The molecule has 29 heavy (non-hydrogen) atoms. The summed E-state index contributed by atoms with van der Waals surface area (Å²) in [5.41, 5.74) is 8.45. The Kier molecular flexibility index (Phi) is 9.37. The number of hydrogen-bond acceptors (Lipinski definition) is 2. The van der Waals surface area contributed by atoms with Crippen LogP contribution in [0.25, 0.3) is 0 Å². The molecule has 1 aromatic carbocycles. The van der Waals surface area contributed by atoms with Crippen LogP contribution in [0, 0.1) is 17.8 Å². The van der Waals surface area contributed by atoms with Gasteiger partial charge in [-0.05, 0) is 68.1 Å². The van der Waals surface area contributed by atoms with Crippen molar-refractivity contribution in [2.45, 2.75) is 96.3 Å². The van der Waals surface area contributed by atoms with Crippen LogP contribution in [0.1, 0.15) is 95.5 Å². The van der Waals surface area contributed by atoms with Crippen molar-refractivity contribution < 1.29 is 4.79 Å². The van der Waals surface area contributed by atoms with Gasteiger partial charge >= 0.3 is 0 Å². The lowest BCUT2D eigenvalue weighted by atomic mass is 9.90. The van der Waals surface area contributed by atoms with Crippen LogP contribution in [0.2, 0.25) is 0 Å². The van der Waals surface area contributed by atoms with Crippen LogP contribution in [-0.2, 0) is 11.2 Å². The van der Waals surface area contributed by atoms with Gasteiger partial charge in [0, 0.05) is 18.2 Å². The third kappa shape index (κ3) is 7.68. The van der Waals surface area contributed by atoms with Gasteiger partial charge in [-0.3, -0.25) is 4.79 Å². The topological polar surface area (TPSA) is 55.1 Å². The largest absolute Gasteiger partial charge is 0.385 e. The predicted octanol–water partition coefficient (Wildman–Crippen LogP) is 6.46. The van der Waals surface area contributed by atoms with E-state index in [1.165, 1.54) is 94.7 Å². The van der Waals surface area contributed by atoms with Gasteiger partial charge in [-0.1, -0.05) is 69.9 Å². The Bertz CT molecular complexity index is 614. The second kappa shape index (κ2) is 12.2. The Morgan fingerprint density at radius 1 is 0.862 bits per heavy atom. The first kappa shape index (κ1) is 22.2. The molecule has 1 aromatic rings. The van der Waals surface area contributed by atoms with Crippen molar-refractivity contribution in [2.24, 2.45) is 23.5 Å². The van der Waals surface area contributed by atoms with E-state index in [9.17, 15) is 4.79 Å². The van der Waals surface area contributed by atoms with Gasteiger partial charge in [0.15, 0.2) is 0 Å². The van der Waals surface area contributed by atoms with E-state index in [1.807, 2.05) is 0 Å². The summed E-state index contributed by atoms with van der Waals surface area (Å²) < 4.78 is 0. The lowest BCUT2D eigenvalue weighted by Gasteiger charge is -2.16. The van der Waals surface area contributed by atoms with Crippen molar-refractivity contribution in [2.75, 3.05) is 11.9 Å². The van der Waals surface area contributed by atoms with Crippen LogP contribution in [0.15, 0.2) is 24.3 Å². The molecule has 0 aromatic heterocycles. The van der Waals surface area contributed by atoms with E-state index in [1.54, 1.807) is 0 Å². The van der Waals surface area contributed by atoms with Crippen LogP contribution < -0.4 is 11.1 Å². The molecule has 1 aliphatic heterocycles. The van der Waals surface area contributed by atoms with E-state index in [0.717, 1.165) is 19.4 Å². The Morgan fingerprint density at radius 2 is 1.55 bits per heavy atom. The summed E-state index contributed by atoms with van der Waals surface area (Å²) in [6.45, 7) is 0.992. The molecule has 0 saturated heterocycles. The highest BCUT2D eigenvalue weighted by atomic mass is 16.1. The highest BCUT2D eigenvalue weighted by Gasteiger charge is 2.36. The van der Waals surface area contributed by atoms with Crippen LogP contribution in [0.5, 0.6) is 0 Å². The Hall–Kier alpha value is -1.51. The molecule has 0 spiro atoms. The first-order valence-electron chi connectivity index (χ1n) is 12.3. The second-order valence-corrected chi connectivity index (χ2v) is 9.60. The number of nitrogens with two attached hydrogens (primary N) is 1. The number of amides is 1. The zero-order valence-electron chi connectivity index (χ0n) is 18.3. The molecule has 1 saturated carbocycles. The maximum Gasteiger partial charge on any atom is 0.220 e. The molecule has 3 N–H and O–H groups in total. The molecule has 4 bridgehead atoms. The van der Waals surface area contributed by atoms with E-state index < -0.39 is 0 Å². The fourth-order valence-electron chi connectivity index (χ4n) is 5.55. The predicted molar refractivity (Wildman–Crippen MR) is 123 cm³/mol. The molecule has 3 unspecified atom stereocenters. The summed E-state index contributed by atoms with van der Waals surface area (Å²) in [5, 5.41) is 3.63. The average Bonchev–Trinajstić information content (AvgIpc) is 3.12. The second-order valence-electron chi connectivity index (χ2n) is 9.60. The first-order chi connectivity index (χ1) is 14.2. The lowest BCUT2D eigenvalue weighted by Crippen LogP contribution is -2.26. The third-order valence-electron chi connectivity index (χ3n) is 7.26. The number of rotatable bonds is 1. The van der Waals surface area contributed by atoms with Crippen molar-refractivity contribution in [3.63, 3.8) is 0 Å². The summed E-state index contributed by atoms with van der Waals surface area (Å²) >= 11 is 0. The number of anilines is 1. The SMILES string of the molecule is NC(=O)C1CC2CCNc3cccc(c3)CCCCCCCCCCCCC1C2. The maximum atomic E-state index is 12.0. The minimum absolute atomic E-state index is 0.0624. The van der Waals surface area contributed by atoms with E-state index in [-0.39, 0.29) is 11.8 Å². The lowest BCUT2D eigenvalue weighted by molar-refractivity contribution is -0.122. The highest BCUT2D eigenvalue weighted by Crippen LogP contribution is 2.41. The van der Waals surface area contributed by atoms with Gasteiger partial charge in [-0.15, -0.1) is 0 Å². The molecule has 3 rings (SSSR count). The van der Waals surface area contributed by atoms with Gasteiger partial charge in [0.2, 0.25) is 5.91 Å². The van der Waals surface area contributed by atoms with Gasteiger partial charge < -0.3 is 11.1 Å². The zero-order valence-corrected chi connectivity index (χ0v) is 18.3.